The Labute approximate surface area is 105 Å². The topological polar surface area (TPSA) is 48.9 Å². The summed E-state index contributed by atoms with van der Waals surface area (Å²) in [6.07, 6.45) is 4.59. The van der Waals surface area contributed by atoms with Crippen LogP contribution in [0.5, 0.6) is 0 Å². The molecule has 1 fully saturated rings. The van der Waals surface area contributed by atoms with Crippen LogP contribution >= 0.6 is 11.6 Å². The lowest BCUT2D eigenvalue weighted by Gasteiger charge is -2.42. The Balaban J connectivity index is 2.12. The Bertz CT molecular complexity index is 560. The quantitative estimate of drug-likeness (QED) is 0.858. The van der Waals surface area contributed by atoms with Gasteiger partial charge in [-0.1, -0.05) is 24.9 Å². The molecule has 2 aromatic rings. The van der Waals surface area contributed by atoms with Crippen molar-refractivity contribution < 1.29 is 5.11 Å². The Morgan fingerprint density at radius 3 is 2.88 bits per heavy atom. The van der Waals surface area contributed by atoms with Gasteiger partial charge in [0.25, 0.3) is 0 Å². The summed E-state index contributed by atoms with van der Waals surface area (Å²) in [5.41, 5.74) is 1.75. The molecule has 1 saturated carbocycles. The summed E-state index contributed by atoms with van der Waals surface area (Å²) < 4.78 is 0. The van der Waals surface area contributed by atoms with E-state index in [9.17, 15) is 5.11 Å². The van der Waals surface area contributed by atoms with Crippen LogP contribution in [0.2, 0.25) is 5.02 Å². The number of halogens is 1. The fourth-order valence-electron chi connectivity index (χ4n) is 2.65. The molecule has 2 N–H and O–H groups in total. The van der Waals surface area contributed by atoms with Crippen molar-refractivity contribution in [1.29, 1.82) is 0 Å². The lowest BCUT2D eigenvalue weighted by molar-refractivity contribution is -0.0212. The maximum atomic E-state index is 10.5. The van der Waals surface area contributed by atoms with E-state index in [1.807, 2.05) is 12.1 Å². The first-order valence-corrected chi connectivity index (χ1v) is 6.28. The molecule has 0 aliphatic heterocycles. The van der Waals surface area contributed by atoms with Gasteiger partial charge < -0.3 is 5.11 Å². The molecule has 1 heterocycles. The highest BCUT2D eigenvalue weighted by atomic mass is 35.5. The molecule has 3 nitrogen and oxygen atoms in total. The first kappa shape index (κ1) is 11.1. The molecule has 1 aromatic carbocycles. The molecule has 0 bridgehead atoms. The number of fused-ring (bicyclic) bond motifs is 1. The number of H-pyrrole nitrogens is 1. The smallest absolute Gasteiger partial charge is 0.0864 e. The average molecular weight is 251 g/mol. The van der Waals surface area contributed by atoms with Gasteiger partial charge in [0, 0.05) is 16.0 Å². The number of hydrogen-bond donors (Lipinski definition) is 2. The van der Waals surface area contributed by atoms with Crippen LogP contribution in [-0.2, 0) is 0 Å². The van der Waals surface area contributed by atoms with Crippen LogP contribution in [0.25, 0.3) is 10.9 Å². The van der Waals surface area contributed by atoms with Gasteiger partial charge in [-0.25, -0.2) is 0 Å². The van der Waals surface area contributed by atoms with Gasteiger partial charge in [0.1, 0.15) is 0 Å². The number of nitrogens with one attached hydrogen (secondary N) is 1. The molecule has 1 atom stereocenters. The van der Waals surface area contributed by atoms with E-state index in [4.69, 9.17) is 11.6 Å². The van der Waals surface area contributed by atoms with Gasteiger partial charge in [0.15, 0.2) is 0 Å². The molecule has 90 valence electrons. The highest BCUT2D eigenvalue weighted by Gasteiger charge is 2.40. The molecule has 0 spiro atoms. The standard InChI is InChI=1S/C13H15ClN2O/c1-13(3-2-4-13)12(17)10-6-9(14)5-8-7-15-16-11(8)10/h5-7,12,17H,2-4H2,1H3,(H,15,16). The lowest BCUT2D eigenvalue weighted by Crippen LogP contribution is -2.32. The predicted octanol–water partition coefficient (Wildman–Crippen LogP) is 3.44. The molecular formula is C13H15ClN2O. The lowest BCUT2D eigenvalue weighted by atomic mass is 9.65. The summed E-state index contributed by atoms with van der Waals surface area (Å²) in [7, 11) is 0. The Hall–Kier alpha value is -1.06. The molecule has 1 aliphatic rings. The average Bonchev–Trinajstić information content (AvgIpc) is 2.71. The van der Waals surface area contributed by atoms with Crippen molar-refractivity contribution >= 4 is 22.5 Å². The van der Waals surface area contributed by atoms with Crippen LogP contribution in [0.3, 0.4) is 0 Å². The van der Waals surface area contributed by atoms with E-state index in [2.05, 4.69) is 17.1 Å². The van der Waals surface area contributed by atoms with Crippen LogP contribution in [0.4, 0.5) is 0 Å². The van der Waals surface area contributed by atoms with Gasteiger partial charge in [0.2, 0.25) is 0 Å². The zero-order valence-corrected chi connectivity index (χ0v) is 10.5. The number of aromatic amines is 1. The largest absolute Gasteiger partial charge is 0.388 e. The second-order valence-electron chi connectivity index (χ2n) is 5.24. The third-order valence-corrected chi connectivity index (χ3v) is 4.21. The third-order valence-electron chi connectivity index (χ3n) is 3.99. The van der Waals surface area contributed by atoms with Crippen LogP contribution in [0, 0.1) is 5.41 Å². The third kappa shape index (κ3) is 1.65. The van der Waals surface area contributed by atoms with E-state index < -0.39 is 6.10 Å². The van der Waals surface area contributed by atoms with Gasteiger partial charge in [-0.3, -0.25) is 5.10 Å². The van der Waals surface area contributed by atoms with Crippen molar-refractivity contribution in [1.82, 2.24) is 10.2 Å². The number of aromatic nitrogens is 2. The van der Waals surface area contributed by atoms with Crippen LogP contribution in [0.15, 0.2) is 18.3 Å². The summed E-state index contributed by atoms with van der Waals surface area (Å²) in [4.78, 5) is 0. The van der Waals surface area contributed by atoms with E-state index in [0.29, 0.717) is 5.02 Å². The van der Waals surface area contributed by atoms with E-state index >= 15 is 0 Å². The SMILES string of the molecule is CC1(C(O)c2cc(Cl)cc3cn[nH]c23)CCC1. The Kier molecular flexibility index (Phi) is 2.42. The molecule has 17 heavy (non-hydrogen) atoms. The van der Waals surface area contributed by atoms with Crippen molar-refractivity contribution in [2.75, 3.05) is 0 Å². The fraction of sp³-hybridized carbons (Fsp3) is 0.462. The minimum atomic E-state index is -0.474. The molecule has 3 rings (SSSR count). The van der Waals surface area contributed by atoms with Gasteiger partial charge in [0.05, 0.1) is 17.8 Å². The molecule has 1 aliphatic carbocycles. The maximum absolute atomic E-state index is 10.5. The molecular weight excluding hydrogens is 236 g/mol. The Morgan fingerprint density at radius 2 is 2.24 bits per heavy atom. The second kappa shape index (κ2) is 3.72. The van der Waals surface area contributed by atoms with Crippen molar-refractivity contribution in [2.24, 2.45) is 5.41 Å². The summed E-state index contributed by atoms with van der Waals surface area (Å²) in [5, 5.41) is 19.1. The molecule has 1 unspecified atom stereocenters. The molecule has 4 heteroatoms. The molecule has 0 radical (unpaired) electrons. The number of rotatable bonds is 2. The molecule has 1 aromatic heterocycles. The number of nitrogens with zero attached hydrogens (tertiary/aromatic N) is 1. The van der Waals surface area contributed by atoms with Gasteiger partial charge in [-0.05, 0) is 30.4 Å². The van der Waals surface area contributed by atoms with Crippen molar-refractivity contribution in [2.45, 2.75) is 32.3 Å². The van der Waals surface area contributed by atoms with Crippen LogP contribution < -0.4 is 0 Å². The highest BCUT2D eigenvalue weighted by Crippen LogP contribution is 2.50. The van der Waals surface area contributed by atoms with Gasteiger partial charge in [-0.2, -0.15) is 5.10 Å². The number of aliphatic hydroxyl groups is 1. The van der Waals surface area contributed by atoms with Crippen molar-refractivity contribution in [3.63, 3.8) is 0 Å². The Morgan fingerprint density at radius 1 is 1.47 bits per heavy atom. The van der Waals surface area contributed by atoms with E-state index in [1.165, 1.54) is 6.42 Å². The van der Waals surface area contributed by atoms with Crippen molar-refractivity contribution in [3.05, 3.63) is 28.9 Å². The first-order valence-electron chi connectivity index (χ1n) is 5.91. The van der Waals surface area contributed by atoms with E-state index in [0.717, 1.165) is 29.3 Å². The molecule has 0 amide bonds. The number of hydrogen-bond acceptors (Lipinski definition) is 2. The minimum Gasteiger partial charge on any atom is -0.388 e. The van der Waals surface area contributed by atoms with E-state index in [1.54, 1.807) is 6.20 Å². The molecule has 0 saturated heterocycles. The first-order chi connectivity index (χ1) is 8.10. The van der Waals surface area contributed by atoms with Gasteiger partial charge >= 0.3 is 0 Å². The van der Waals surface area contributed by atoms with Crippen LogP contribution in [-0.4, -0.2) is 15.3 Å². The summed E-state index contributed by atoms with van der Waals surface area (Å²) >= 11 is 6.08. The predicted molar refractivity (Wildman–Crippen MR) is 68.0 cm³/mol. The van der Waals surface area contributed by atoms with Crippen LogP contribution in [0.1, 0.15) is 37.9 Å². The number of benzene rings is 1. The maximum Gasteiger partial charge on any atom is 0.0864 e. The van der Waals surface area contributed by atoms with Gasteiger partial charge in [-0.15, -0.1) is 0 Å². The summed E-state index contributed by atoms with van der Waals surface area (Å²) in [6, 6.07) is 3.70. The zero-order valence-electron chi connectivity index (χ0n) is 9.70. The summed E-state index contributed by atoms with van der Waals surface area (Å²) in [5.74, 6) is 0. The minimum absolute atomic E-state index is 0.0112. The summed E-state index contributed by atoms with van der Waals surface area (Å²) in [6.45, 7) is 2.13. The monoisotopic (exact) mass is 250 g/mol. The number of aliphatic hydroxyl groups excluding tert-OH is 1. The van der Waals surface area contributed by atoms with E-state index in [-0.39, 0.29) is 5.41 Å². The second-order valence-corrected chi connectivity index (χ2v) is 5.68. The van der Waals surface area contributed by atoms with Crippen molar-refractivity contribution in [3.8, 4) is 0 Å². The zero-order chi connectivity index (χ0) is 12.0. The fourth-order valence-corrected chi connectivity index (χ4v) is 2.88. The normalized spacial score (nSPS) is 20.2. The highest BCUT2D eigenvalue weighted by molar-refractivity contribution is 6.31.